The first kappa shape index (κ1) is 16.0. The van der Waals surface area contributed by atoms with E-state index in [9.17, 15) is 4.39 Å². The first-order valence-corrected chi connectivity index (χ1v) is 6.72. The Morgan fingerprint density at radius 2 is 2.25 bits per heavy atom. The summed E-state index contributed by atoms with van der Waals surface area (Å²) in [7, 11) is 3.67. The van der Waals surface area contributed by atoms with Gasteiger partial charge < -0.3 is 10.2 Å². The molecule has 0 bridgehead atoms. The molecule has 0 heterocycles. The Kier molecular flexibility index (Phi) is 6.51. The van der Waals surface area contributed by atoms with Crippen molar-refractivity contribution in [3.63, 3.8) is 0 Å². The molecule has 1 N–H and O–H groups in total. The summed E-state index contributed by atoms with van der Waals surface area (Å²) in [4.78, 5) is 6.19. The quantitative estimate of drug-likeness (QED) is 0.664. The van der Waals surface area contributed by atoms with Crippen LogP contribution in [0.4, 0.5) is 4.39 Å². The van der Waals surface area contributed by atoms with Crippen LogP contribution in [-0.4, -0.2) is 31.5 Å². The van der Waals surface area contributed by atoms with Crippen LogP contribution in [0.5, 0.6) is 0 Å². The Hall–Kier alpha value is -2.09. The lowest BCUT2D eigenvalue weighted by atomic mass is 10.1. The Labute approximate surface area is 119 Å². The molecule has 0 unspecified atom stereocenters. The molecular formula is C15H21FN4. The highest BCUT2D eigenvalue weighted by Gasteiger charge is 2.07. The van der Waals surface area contributed by atoms with Crippen LogP contribution in [0.1, 0.15) is 30.9 Å². The van der Waals surface area contributed by atoms with Crippen LogP contribution < -0.4 is 5.32 Å². The fourth-order valence-corrected chi connectivity index (χ4v) is 1.82. The molecule has 0 aliphatic carbocycles. The third-order valence-electron chi connectivity index (χ3n) is 3.04. The number of benzene rings is 1. The first-order chi connectivity index (χ1) is 9.62. The zero-order chi connectivity index (χ0) is 15.0. The predicted octanol–water partition coefficient (Wildman–Crippen LogP) is 2.50. The lowest BCUT2D eigenvalue weighted by molar-refractivity contribution is 0.463. The number of nitrogens with one attached hydrogen (secondary N) is 1. The van der Waals surface area contributed by atoms with E-state index in [4.69, 9.17) is 5.26 Å². The molecule has 108 valence electrons. The molecule has 0 spiro atoms. The second kappa shape index (κ2) is 8.16. The molecule has 0 atom stereocenters. The van der Waals surface area contributed by atoms with Gasteiger partial charge in [0.25, 0.3) is 0 Å². The van der Waals surface area contributed by atoms with Crippen LogP contribution in [0.2, 0.25) is 0 Å². The Morgan fingerprint density at radius 3 is 2.80 bits per heavy atom. The number of aliphatic imine (C=N–C) groups is 1. The molecule has 0 amide bonds. The summed E-state index contributed by atoms with van der Waals surface area (Å²) in [5, 5.41) is 11.8. The van der Waals surface area contributed by atoms with Gasteiger partial charge in [-0.15, -0.1) is 0 Å². The Balaban J connectivity index is 2.63. The van der Waals surface area contributed by atoms with E-state index in [0.717, 1.165) is 25.3 Å². The van der Waals surface area contributed by atoms with Crippen LogP contribution in [0.15, 0.2) is 23.2 Å². The van der Waals surface area contributed by atoms with E-state index >= 15 is 0 Å². The minimum absolute atomic E-state index is 0.329. The van der Waals surface area contributed by atoms with Crippen molar-refractivity contribution in [3.05, 3.63) is 35.1 Å². The normalized spacial score (nSPS) is 11.1. The minimum Gasteiger partial charge on any atom is -0.352 e. The van der Waals surface area contributed by atoms with Crippen LogP contribution in [0, 0.1) is 17.1 Å². The number of unbranched alkanes of at least 4 members (excludes halogenated alkanes) is 1. The zero-order valence-electron chi connectivity index (χ0n) is 12.3. The molecule has 0 radical (unpaired) electrons. The van der Waals surface area contributed by atoms with E-state index in [1.807, 2.05) is 18.0 Å². The Morgan fingerprint density at radius 1 is 1.50 bits per heavy atom. The van der Waals surface area contributed by atoms with Crippen LogP contribution >= 0.6 is 0 Å². The van der Waals surface area contributed by atoms with Crippen molar-refractivity contribution in [2.75, 3.05) is 20.6 Å². The highest BCUT2D eigenvalue weighted by molar-refractivity contribution is 5.79. The van der Waals surface area contributed by atoms with E-state index in [0.29, 0.717) is 17.7 Å². The summed E-state index contributed by atoms with van der Waals surface area (Å²) >= 11 is 0. The molecule has 0 aromatic heterocycles. The second-order valence-electron chi connectivity index (χ2n) is 4.59. The predicted molar refractivity (Wildman–Crippen MR) is 78.9 cm³/mol. The largest absolute Gasteiger partial charge is 0.352 e. The number of rotatable bonds is 5. The number of hydrogen-bond acceptors (Lipinski definition) is 2. The average molecular weight is 276 g/mol. The van der Waals surface area contributed by atoms with Crippen molar-refractivity contribution in [3.8, 4) is 6.07 Å². The van der Waals surface area contributed by atoms with Gasteiger partial charge in [0.15, 0.2) is 5.96 Å². The minimum atomic E-state index is -0.372. The zero-order valence-corrected chi connectivity index (χ0v) is 12.3. The molecule has 1 aromatic rings. The molecule has 5 heteroatoms. The molecule has 0 fully saturated rings. The summed E-state index contributed by atoms with van der Waals surface area (Å²) in [5.74, 6) is 0.366. The maximum Gasteiger partial charge on any atom is 0.193 e. The van der Waals surface area contributed by atoms with Gasteiger partial charge in [0.05, 0.1) is 11.6 Å². The van der Waals surface area contributed by atoms with Gasteiger partial charge in [0.2, 0.25) is 0 Å². The second-order valence-corrected chi connectivity index (χ2v) is 4.59. The molecule has 1 rings (SSSR count). The van der Waals surface area contributed by atoms with Gasteiger partial charge >= 0.3 is 0 Å². The maximum atomic E-state index is 13.8. The number of nitrogens with zero attached hydrogens (tertiary/aromatic N) is 3. The van der Waals surface area contributed by atoms with Gasteiger partial charge in [-0.25, -0.2) is 4.39 Å². The highest BCUT2D eigenvalue weighted by atomic mass is 19.1. The van der Waals surface area contributed by atoms with E-state index in [1.54, 1.807) is 19.2 Å². The van der Waals surface area contributed by atoms with Gasteiger partial charge in [-0.1, -0.05) is 19.4 Å². The topological polar surface area (TPSA) is 51.4 Å². The lowest BCUT2D eigenvalue weighted by Crippen LogP contribution is -2.39. The number of hydrogen-bond donors (Lipinski definition) is 1. The molecule has 0 aliphatic rings. The van der Waals surface area contributed by atoms with Crippen LogP contribution in [-0.2, 0) is 6.54 Å². The van der Waals surface area contributed by atoms with E-state index in [1.165, 1.54) is 6.07 Å². The molecule has 0 aliphatic heterocycles. The molecular weight excluding hydrogens is 255 g/mol. The smallest absolute Gasteiger partial charge is 0.193 e. The van der Waals surface area contributed by atoms with Crippen molar-refractivity contribution in [2.24, 2.45) is 4.99 Å². The van der Waals surface area contributed by atoms with Crippen molar-refractivity contribution in [1.29, 1.82) is 5.26 Å². The average Bonchev–Trinajstić information content (AvgIpc) is 2.46. The SMILES string of the molecule is CCCCN(C)C(=NC)NCc1ccc(C#N)cc1F. The summed E-state index contributed by atoms with van der Waals surface area (Å²) in [6.45, 7) is 3.39. The first-order valence-electron chi connectivity index (χ1n) is 6.72. The summed E-state index contributed by atoms with van der Waals surface area (Å²) < 4.78 is 13.8. The summed E-state index contributed by atoms with van der Waals surface area (Å²) in [6, 6.07) is 6.41. The van der Waals surface area contributed by atoms with Gasteiger partial charge in [-0.2, -0.15) is 5.26 Å². The van der Waals surface area contributed by atoms with Gasteiger partial charge in [0, 0.05) is 32.7 Å². The Bertz CT molecular complexity index is 505. The fourth-order valence-electron chi connectivity index (χ4n) is 1.82. The standard InChI is InChI=1S/C15H21FN4/c1-4-5-8-20(3)15(18-2)19-11-13-7-6-12(10-17)9-14(13)16/h6-7,9H,4-5,8,11H2,1-3H3,(H,18,19). The summed E-state index contributed by atoms with van der Waals surface area (Å²) in [5.41, 5.74) is 0.852. The molecule has 0 saturated carbocycles. The highest BCUT2D eigenvalue weighted by Crippen LogP contribution is 2.09. The third kappa shape index (κ3) is 4.54. The molecule has 1 aromatic carbocycles. The monoisotopic (exact) mass is 276 g/mol. The van der Waals surface area contributed by atoms with Crippen LogP contribution in [0.3, 0.4) is 0 Å². The maximum absolute atomic E-state index is 13.8. The molecule has 4 nitrogen and oxygen atoms in total. The van der Waals surface area contributed by atoms with Crippen molar-refractivity contribution < 1.29 is 4.39 Å². The van der Waals surface area contributed by atoms with Gasteiger partial charge in [-0.05, 0) is 18.6 Å². The van der Waals surface area contributed by atoms with Crippen molar-refractivity contribution >= 4 is 5.96 Å². The van der Waals surface area contributed by atoms with Gasteiger partial charge in [-0.3, -0.25) is 4.99 Å². The summed E-state index contributed by atoms with van der Waals surface area (Å²) in [6.07, 6.45) is 2.20. The van der Waals surface area contributed by atoms with E-state index < -0.39 is 0 Å². The van der Waals surface area contributed by atoms with E-state index in [2.05, 4.69) is 17.2 Å². The third-order valence-corrected chi connectivity index (χ3v) is 3.04. The van der Waals surface area contributed by atoms with Gasteiger partial charge in [0.1, 0.15) is 5.82 Å². The molecule has 20 heavy (non-hydrogen) atoms. The lowest BCUT2D eigenvalue weighted by Gasteiger charge is -2.22. The number of guanidine groups is 1. The van der Waals surface area contributed by atoms with E-state index in [-0.39, 0.29) is 5.82 Å². The number of halogens is 1. The molecule has 0 saturated heterocycles. The van der Waals surface area contributed by atoms with Crippen molar-refractivity contribution in [1.82, 2.24) is 10.2 Å². The fraction of sp³-hybridized carbons (Fsp3) is 0.467. The number of nitriles is 1. The van der Waals surface area contributed by atoms with Crippen LogP contribution in [0.25, 0.3) is 0 Å². The van der Waals surface area contributed by atoms with Crippen molar-refractivity contribution in [2.45, 2.75) is 26.3 Å².